The van der Waals surface area contributed by atoms with Gasteiger partial charge in [0.2, 0.25) is 0 Å². The van der Waals surface area contributed by atoms with Crippen molar-refractivity contribution in [2.75, 3.05) is 0 Å². The Balaban J connectivity index is 1.89. The Morgan fingerprint density at radius 3 is 3.00 bits per heavy atom. The van der Waals surface area contributed by atoms with Gasteiger partial charge in [-0.3, -0.25) is 0 Å². The highest BCUT2D eigenvalue weighted by Gasteiger charge is 2.21. The maximum absolute atomic E-state index is 5.99. The fourth-order valence-electron chi connectivity index (χ4n) is 2.25. The summed E-state index contributed by atoms with van der Waals surface area (Å²) in [6.07, 6.45) is 7.19. The van der Waals surface area contributed by atoms with E-state index in [1.807, 2.05) is 12.1 Å². The third kappa shape index (κ3) is 2.96. The SMILES string of the molecule is CC1CCCCC1OCc1cccnc1Cl. The molecule has 1 aromatic rings. The Morgan fingerprint density at radius 2 is 2.25 bits per heavy atom. The van der Waals surface area contributed by atoms with E-state index < -0.39 is 0 Å². The van der Waals surface area contributed by atoms with Gasteiger partial charge in [0.25, 0.3) is 0 Å². The topological polar surface area (TPSA) is 22.1 Å². The average Bonchev–Trinajstić information content (AvgIpc) is 2.30. The molecule has 0 spiro atoms. The lowest BCUT2D eigenvalue weighted by atomic mass is 9.88. The summed E-state index contributed by atoms with van der Waals surface area (Å²) in [6.45, 7) is 2.86. The van der Waals surface area contributed by atoms with E-state index in [-0.39, 0.29) is 0 Å². The predicted molar refractivity (Wildman–Crippen MR) is 65.5 cm³/mol. The molecule has 1 saturated carbocycles. The Labute approximate surface area is 102 Å². The molecular formula is C13H18ClNO. The average molecular weight is 240 g/mol. The molecule has 0 saturated heterocycles. The van der Waals surface area contributed by atoms with Gasteiger partial charge in [-0.05, 0) is 24.8 Å². The highest BCUT2D eigenvalue weighted by atomic mass is 35.5. The van der Waals surface area contributed by atoms with Crippen molar-refractivity contribution in [2.45, 2.75) is 45.3 Å². The Bertz CT molecular complexity index is 342. The second-order valence-electron chi connectivity index (χ2n) is 4.56. The predicted octanol–water partition coefficient (Wildman–Crippen LogP) is 3.83. The summed E-state index contributed by atoms with van der Waals surface area (Å²) in [4.78, 5) is 4.05. The van der Waals surface area contributed by atoms with E-state index in [9.17, 15) is 0 Å². The van der Waals surface area contributed by atoms with E-state index in [2.05, 4.69) is 11.9 Å². The molecule has 3 heteroatoms. The molecular weight excluding hydrogens is 222 g/mol. The molecule has 1 aliphatic rings. The minimum absolute atomic E-state index is 0.394. The lowest BCUT2D eigenvalue weighted by molar-refractivity contribution is -0.0155. The molecule has 0 N–H and O–H groups in total. The van der Waals surface area contributed by atoms with Gasteiger partial charge in [0.05, 0.1) is 12.7 Å². The Kier molecular flexibility index (Phi) is 4.19. The van der Waals surface area contributed by atoms with Crippen LogP contribution in [0.4, 0.5) is 0 Å². The van der Waals surface area contributed by atoms with Crippen LogP contribution in [0.3, 0.4) is 0 Å². The molecule has 1 aliphatic carbocycles. The zero-order valence-corrected chi connectivity index (χ0v) is 10.4. The second-order valence-corrected chi connectivity index (χ2v) is 4.92. The van der Waals surface area contributed by atoms with E-state index in [1.165, 1.54) is 25.7 Å². The third-order valence-corrected chi connectivity index (χ3v) is 3.66. The highest BCUT2D eigenvalue weighted by Crippen LogP contribution is 2.27. The van der Waals surface area contributed by atoms with Crippen molar-refractivity contribution < 1.29 is 4.74 Å². The van der Waals surface area contributed by atoms with Gasteiger partial charge in [-0.2, -0.15) is 0 Å². The molecule has 1 aromatic heterocycles. The first-order valence-electron chi connectivity index (χ1n) is 5.98. The minimum Gasteiger partial charge on any atom is -0.373 e. The summed E-state index contributed by atoms with van der Waals surface area (Å²) in [5.41, 5.74) is 0.988. The summed E-state index contributed by atoms with van der Waals surface area (Å²) >= 11 is 5.99. The summed E-state index contributed by atoms with van der Waals surface area (Å²) < 4.78 is 5.94. The first kappa shape index (κ1) is 11.9. The van der Waals surface area contributed by atoms with Crippen molar-refractivity contribution in [3.63, 3.8) is 0 Å². The number of nitrogens with zero attached hydrogens (tertiary/aromatic N) is 1. The van der Waals surface area contributed by atoms with Crippen LogP contribution in [-0.2, 0) is 11.3 Å². The molecule has 0 radical (unpaired) electrons. The van der Waals surface area contributed by atoms with E-state index in [4.69, 9.17) is 16.3 Å². The van der Waals surface area contributed by atoms with Crippen molar-refractivity contribution in [3.8, 4) is 0 Å². The fraction of sp³-hybridized carbons (Fsp3) is 0.615. The van der Waals surface area contributed by atoms with Crippen molar-refractivity contribution >= 4 is 11.6 Å². The van der Waals surface area contributed by atoms with Crippen LogP contribution in [0.5, 0.6) is 0 Å². The number of hydrogen-bond acceptors (Lipinski definition) is 2. The van der Waals surface area contributed by atoms with Crippen LogP contribution in [-0.4, -0.2) is 11.1 Å². The van der Waals surface area contributed by atoms with E-state index in [0.717, 1.165) is 5.56 Å². The lowest BCUT2D eigenvalue weighted by Crippen LogP contribution is -2.25. The maximum atomic E-state index is 5.99. The monoisotopic (exact) mass is 239 g/mol. The zero-order chi connectivity index (χ0) is 11.4. The van der Waals surface area contributed by atoms with Crippen LogP contribution < -0.4 is 0 Å². The van der Waals surface area contributed by atoms with Gasteiger partial charge >= 0.3 is 0 Å². The highest BCUT2D eigenvalue weighted by molar-refractivity contribution is 6.30. The van der Waals surface area contributed by atoms with Crippen LogP contribution >= 0.6 is 11.6 Å². The van der Waals surface area contributed by atoms with Gasteiger partial charge in [0, 0.05) is 11.8 Å². The largest absolute Gasteiger partial charge is 0.373 e. The molecule has 1 fully saturated rings. The standard InChI is InChI=1S/C13H18ClNO/c1-10-5-2-3-7-12(10)16-9-11-6-4-8-15-13(11)14/h4,6,8,10,12H,2-3,5,7,9H2,1H3. The molecule has 2 rings (SSSR count). The van der Waals surface area contributed by atoms with E-state index >= 15 is 0 Å². The van der Waals surface area contributed by atoms with Crippen LogP contribution in [0.1, 0.15) is 38.2 Å². The first-order chi connectivity index (χ1) is 7.77. The van der Waals surface area contributed by atoms with Crippen molar-refractivity contribution in [1.82, 2.24) is 4.98 Å². The molecule has 2 atom stereocenters. The number of halogens is 1. The molecule has 0 bridgehead atoms. The zero-order valence-electron chi connectivity index (χ0n) is 9.66. The van der Waals surface area contributed by atoms with Crippen molar-refractivity contribution in [1.29, 1.82) is 0 Å². The Hall–Kier alpha value is -0.600. The van der Waals surface area contributed by atoms with Crippen LogP contribution in [0.15, 0.2) is 18.3 Å². The van der Waals surface area contributed by atoms with Gasteiger partial charge in [-0.1, -0.05) is 37.4 Å². The van der Waals surface area contributed by atoms with Gasteiger partial charge in [-0.15, -0.1) is 0 Å². The quantitative estimate of drug-likeness (QED) is 0.748. The number of pyridine rings is 1. The Morgan fingerprint density at radius 1 is 1.44 bits per heavy atom. The van der Waals surface area contributed by atoms with Gasteiger partial charge < -0.3 is 4.74 Å². The molecule has 0 aromatic carbocycles. The molecule has 2 unspecified atom stereocenters. The van der Waals surface area contributed by atoms with Crippen molar-refractivity contribution in [3.05, 3.63) is 29.0 Å². The number of rotatable bonds is 3. The smallest absolute Gasteiger partial charge is 0.134 e. The maximum Gasteiger partial charge on any atom is 0.134 e. The number of ether oxygens (including phenoxy) is 1. The molecule has 0 amide bonds. The summed E-state index contributed by atoms with van der Waals surface area (Å²) in [6, 6.07) is 3.87. The summed E-state index contributed by atoms with van der Waals surface area (Å²) in [7, 11) is 0. The molecule has 88 valence electrons. The summed E-state index contributed by atoms with van der Waals surface area (Å²) in [5.74, 6) is 0.671. The molecule has 0 aliphatic heterocycles. The van der Waals surface area contributed by atoms with Gasteiger partial charge in [0.1, 0.15) is 5.15 Å². The van der Waals surface area contributed by atoms with Crippen LogP contribution in [0.2, 0.25) is 5.15 Å². The second kappa shape index (κ2) is 5.65. The number of aromatic nitrogens is 1. The summed E-state index contributed by atoms with van der Waals surface area (Å²) in [5, 5.41) is 0.561. The first-order valence-corrected chi connectivity index (χ1v) is 6.36. The van der Waals surface area contributed by atoms with E-state index in [1.54, 1.807) is 6.20 Å². The lowest BCUT2D eigenvalue weighted by Gasteiger charge is -2.28. The molecule has 16 heavy (non-hydrogen) atoms. The minimum atomic E-state index is 0.394. The normalized spacial score (nSPS) is 25.6. The van der Waals surface area contributed by atoms with Crippen LogP contribution in [0.25, 0.3) is 0 Å². The van der Waals surface area contributed by atoms with Gasteiger partial charge in [0.15, 0.2) is 0 Å². The van der Waals surface area contributed by atoms with Gasteiger partial charge in [-0.25, -0.2) is 4.98 Å². The third-order valence-electron chi connectivity index (χ3n) is 3.32. The van der Waals surface area contributed by atoms with Crippen molar-refractivity contribution in [2.24, 2.45) is 5.92 Å². The molecule has 2 nitrogen and oxygen atoms in total. The molecule has 1 heterocycles. The number of hydrogen-bond donors (Lipinski definition) is 0. The van der Waals surface area contributed by atoms with E-state index in [0.29, 0.717) is 23.8 Å². The van der Waals surface area contributed by atoms with Crippen LogP contribution in [0, 0.1) is 5.92 Å². The fourth-order valence-corrected chi connectivity index (χ4v) is 2.43.